The van der Waals surface area contributed by atoms with E-state index >= 15 is 0 Å². The average Bonchev–Trinajstić information content (AvgIpc) is 2.55. The molecule has 0 amide bonds. The first kappa shape index (κ1) is 12.3. The second-order valence-corrected chi connectivity index (χ2v) is 3.87. The van der Waals surface area contributed by atoms with Crippen molar-refractivity contribution in [3.8, 4) is 0 Å². The molecule has 0 aliphatic carbocycles. The van der Waals surface area contributed by atoms with Crippen LogP contribution in [0.5, 0.6) is 0 Å². The van der Waals surface area contributed by atoms with Gasteiger partial charge >= 0.3 is 5.95 Å². The summed E-state index contributed by atoms with van der Waals surface area (Å²) in [5.74, 6) is 0.997. The molecule has 0 unspecified atom stereocenters. The van der Waals surface area contributed by atoms with Gasteiger partial charge in [-0.3, -0.25) is 0 Å². The summed E-state index contributed by atoms with van der Waals surface area (Å²) in [6.45, 7) is 5.76. The Bertz CT molecular complexity index is 617. The molecule has 2 heterocycles. The van der Waals surface area contributed by atoms with E-state index in [0.717, 1.165) is 17.2 Å². The molecule has 2 rings (SSSR count). The average molecular weight is 249 g/mol. The van der Waals surface area contributed by atoms with Gasteiger partial charge in [-0.15, -0.1) is 4.99 Å². The van der Waals surface area contributed by atoms with Gasteiger partial charge in [0.05, 0.1) is 12.7 Å². The van der Waals surface area contributed by atoms with Gasteiger partial charge in [0.2, 0.25) is 11.7 Å². The van der Waals surface area contributed by atoms with Gasteiger partial charge in [-0.1, -0.05) is 6.92 Å². The first-order chi connectivity index (χ1) is 8.52. The number of nitrogens with zero attached hydrogens (tertiary/aromatic N) is 5. The third-order valence-corrected chi connectivity index (χ3v) is 2.46. The fraction of sp³-hybridized carbons (Fsp3) is 0.455. The van der Waals surface area contributed by atoms with Crippen molar-refractivity contribution in [2.75, 3.05) is 6.61 Å². The highest BCUT2D eigenvalue weighted by molar-refractivity contribution is 5.64. The third-order valence-electron chi connectivity index (χ3n) is 2.46. The van der Waals surface area contributed by atoms with Gasteiger partial charge in [-0.05, 0) is 13.5 Å². The van der Waals surface area contributed by atoms with Crippen LogP contribution in [0.15, 0.2) is 11.1 Å². The summed E-state index contributed by atoms with van der Waals surface area (Å²) in [5.41, 5.74) is 1.71. The standard InChI is InChI=1S/C11H15N5O2/c1-5-18-11(17)13-10-14-15(4)9-6-7(2)12-8(3)16(9)10/h6H,5H2,1-4H3. The third kappa shape index (κ3) is 2.11. The van der Waals surface area contributed by atoms with E-state index in [2.05, 4.69) is 15.1 Å². The number of hydrogen-bond acceptors (Lipinski definition) is 5. The van der Waals surface area contributed by atoms with E-state index in [0.29, 0.717) is 0 Å². The van der Waals surface area contributed by atoms with Gasteiger partial charge in [-0.25, -0.2) is 0 Å². The SMILES string of the molecule is CCO/C([O-])=N/c1nn(C)c2cc(C)nc(C)[n+]12. The van der Waals surface area contributed by atoms with Crippen molar-refractivity contribution in [3.63, 3.8) is 0 Å². The van der Waals surface area contributed by atoms with Crippen molar-refractivity contribution in [2.45, 2.75) is 20.8 Å². The molecule has 0 fully saturated rings. The summed E-state index contributed by atoms with van der Waals surface area (Å²) < 4.78 is 8.14. The summed E-state index contributed by atoms with van der Waals surface area (Å²) in [7, 11) is 1.79. The lowest BCUT2D eigenvalue weighted by Crippen LogP contribution is -2.28. The first-order valence-electron chi connectivity index (χ1n) is 5.64. The number of aliphatic imine (C=N–C) groups is 1. The van der Waals surface area contributed by atoms with Gasteiger partial charge in [0, 0.05) is 18.1 Å². The lowest BCUT2D eigenvalue weighted by atomic mass is 10.4. The van der Waals surface area contributed by atoms with Gasteiger partial charge < -0.3 is 9.84 Å². The maximum Gasteiger partial charge on any atom is 0.390 e. The lowest BCUT2D eigenvalue weighted by Gasteiger charge is -2.06. The Morgan fingerprint density at radius 1 is 1.56 bits per heavy atom. The highest BCUT2D eigenvalue weighted by Crippen LogP contribution is 2.07. The Kier molecular flexibility index (Phi) is 3.14. The highest BCUT2D eigenvalue weighted by atomic mass is 16.6. The maximum atomic E-state index is 11.4. The summed E-state index contributed by atoms with van der Waals surface area (Å²) in [4.78, 5) is 8.14. The van der Waals surface area contributed by atoms with Gasteiger partial charge in [-0.2, -0.15) is 14.1 Å². The van der Waals surface area contributed by atoms with E-state index in [1.165, 1.54) is 0 Å². The molecule has 7 heteroatoms. The summed E-state index contributed by atoms with van der Waals surface area (Å²) >= 11 is 0. The van der Waals surface area contributed by atoms with Crippen LogP contribution in [0, 0.1) is 13.8 Å². The lowest BCUT2D eigenvalue weighted by molar-refractivity contribution is -0.510. The van der Waals surface area contributed by atoms with Gasteiger partial charge in [0.1, 0.15) is 0 Å². The molecule has 0 spiro atoms. The molecule has 18 heavy (non-hydrogen) atoms. The zero-order chi connectivity index (χ0) is 13.3. The predicted octanol–water partition coefficient (Wildman–Crippen LogP) is -0.445. The fourth-order valence-corrected chi connectivity index (χ4v) is 1.78. The van der Waals surface area contributed by atoms with Crippen LogP contribution in [0.1, 0.15) is 18.4 Å². The molecule has 2 aromatic heterocycles. The molecular formula is C11H15N5O2. The fourth-order valence-electron chi connectivity index (χ4n) is 1.78. The van der Waals surface area contributed by atoms with Crippen LogP contribution in [0.4, 0.5) is 5.95 Å². The monoisotopic (exact) mass is 249 g/mol. The molecule has 0 saturated heterocycles. The van der Waals surface area contributed by atoms with Crippen LogP contribution in [0.2, 0.25) is 0 Å². The molecule has 0 radical (unpaired) electrons. The molecule has 0 aromatic carbocycles. The summed E-state index contributed by atoms with van der Waals surface area (Å²) in [6, 6.07) is 1.88. The highest BCUT2D eigenvalue weighted by Gasteiger charge is 2.18. The van der Waals surface area contributed by atoms with Crippen LogP contribution in [0.3, 0.4) is 0 Å². The Labute approximate surface area is 104 Å². The molecule has 0 saturated carbocycles. The smallest absolute Gasteiger partial charge is 0.390 e. The topological polar surface area (TPSA) is 79.5 Å². The van der Waals surface area contributed by atoms with E-state index in [4.69, 9.17) is 4.74 Å². The molecule has 96 valence electrons. The number of fused-ring (bicyclic) bond motifs is 1. The maximum absolute atomic E-state index is 11.4. The molecule has 0 N–H and O–H groups in total. The van der Waals surface area contributed by atoms with Crippen molar-refractivity contribution in [1.29, 1.82) is 0 Å². The second-order valence-electron chi connectivity index (χ2n) is 3.87. The minimum absolute atomic E-state index is 0.274. The Morgan fingerprint density at radius 3 is 2.94 bits per heavy atom. The van der Waals surface area contributed by atoms with Crippen LogP contribution in [-0.2, 0) is 11.8 Å². The zero-order valence-electron chi connectivity index (χ0n) is 10.8. The predicted molar refractivity (Wildman–Crippen MR) is 62.4 cm³/mol. The van der Waals surface area contributed by atoms with Crippen molar-refractivity contribution >= 4 is 17.7 Å². The molecule has 0 aliphatic heterocycles. The van der Waals surface area contributed by atoms with E-state index in [1.807, 2.05) is 19.9 Å². The number of ether oxygens (including phenoxy) is 1. The molecular weight excluding hydrogens is 234 g/mol. The van der Waals surface area contributed by atoms with Crippen molar-refractivity contribution in [2.24, 2.45) is 12.0 Å². The first-order valence-corrected chi connectivity index (χ1v) is 5.64. The number of aryl methyl sites for hydroxylation is 3. The summed E-state index contributed by atoms with van der Waals surface area (Å²) in [5, 5.41) is 15.6. The van der Waals surface area contributed by atoms with Gasteiger partial charge in [0.15, 0.2) is 5.82 Å². The zero-order valence-corrected chi connectivity index (χ0v) is 10.8. The molecule has 0 bridgehead atoms. The molecule has 7 nitrogen and oxygen atoms in total. The molecule has 0 atom stereocenters. The van der Waals surface area contributed by atoms with Crippen molar-refractivity contribution in [1.82, 2.24) is 14.8 Å². The van der Waals surface area contributed by atoms with Crippen molar-refractivity contribution in [3.05, 3.63) is 17.6 Å². The Morgan fingerprint density at radius 2 is 2.28 bits per heavy atom. The number of aromatic nitrogens is 4. The normalized spacial score (nSPS) is 12.1. The van der Waals surface area contributed by atoms with Crippen LogP contribution < -0.4 is 9.51 Å². The van der Waals surface area contributed by atoms with Crippen molar-refractivity contribution < 1.29 is 14.2 Å². The minimum atomic E-state index is -0.648. The second kappa shape index (κ2) is 4.59. The Hall–Kier alpha value is -2.18. The van der Waals surface area contributed by atoms with E-state index in [-0.39, 0.29) is 12.6 Å². The van der Waals surface area contributed by atoms with E-state index in [1.54, 1.807) is 23.1 Å². The molecule has 2 aromatic rings. The number of hydrogen-bond donors (Lipinski definition) is 0. The quantitative estimate of drug-likeness (QED) is 0.410. The van der Waals surface area contributed by atoms with Crippen LogP contribution >= 0.6 is 0 Å². The van der Waals surface area contributed by atoms with Crippen LogP contribution in [0.25, 0.3) is 5.65 Å². The number of rotatable bonds is 2. The van der Waals surface area contributed by atoms with Gasteiger partial charge in [0.25, 0.3) is 0 Å². The van der Waals surface area contributed by atoms with Crippen LogP contribution in [-0.4, -0.2) is 27.5 Å². The van der Waals surface area contributed by atoms with E-state index in [9.17, 15) is 5.11 Å². The Balaban J connectivity index is 2.63. The summed E-state index contributed by atoms with van der Waals surface area (Å²) in [6.07, 6.45) is -0.648. The minimum Gasteiger partial charge on any atom is -0.593 e. The van der Waals surface area contributed by atoms with E-state index < -0.39 is 6.08 Å². The molecule has 0 aliphatic rings. The largest absolute Gasteiger partial charge is 0.593 e.